The van der Waals surface area contributed by atoms with Gasteiger partial charge in [0, 0.05) is 13.0 Å². The molecule has 1 rings (SSSR count). The Morgan fingerprint density at radius 2 is 1.84 bits per heavy atom. The lowest BCUT2D eigenvalue weighted by Gasteiger charge is -1.98. The first-order valence-corrected chi connectivity index (χ1v) is 5.32. The van der Waals surface area contributed by atoms with Gasteiger partial charge in [0.05, 0.1) is 13.4 Å². The van der Waals surface area contributed by atoms with Crippen molar-refractivity contribution in [1.29, 1.82) is 0 Å². The number of hydrogen-bond donors (Lipinski definition) is 1. The molecule has 0 aliphatic carbocycles. The SMILES string of the molecule is C=COC(C)=O.COc1ccc(C=CC(=O)O)cc1. The maximum Gasteiger partial charge on any atom is 0.328 e. The van der Waals surface area contributed by atoms with Gasteiger partial charge in [-0.25, -0.2) is 4.79 Å². The van der Waals surface area contributed by atoms with Crippen molar-refractivity contribution in [2.24, 2.45) is 0 Å². The van der Waals surface area contributed by atoms with Gasteiger partial charge in [-0.2, -0.15) is 0 Å². The van der Waals surface area contributed by atoms with Gasteiger partial charge in [0.1, 0.15) is 5.75 Å². The second-order valence-electron chi connectivity index (χ2n) is 3.22. The predicted molar refractivity (Wildman–Crippen MR) is 71.6 cm³/mol. The van der Waals surface area contributed by atoms with Crippen molar-refractivity contribution in [3.05, 3.63) is 48.7 Å². The summed E-state index contributed by atoms with van der Waals surface area (Å²) in [7, 11) is 1.59. The Balaban J connectivity index is 0.000000459. The van der Waals surface area contributed by atoms with Gasteiger partial charge in [0.15, 0.2) is 0 Å². The van der Waals surface area contributed by atoms with Crippen molar-refractivity contribution in [2.75, 3.05) is 7.11 Å². The van der Waals surface area contributed by atoms with Gasteiger partial charge in [0.25, 0.3) is 0 Å². The molecule has 0 spiro atoms. The molecular formula is C14H16O5. The molecule has 1 aromatic rings. The van der Waals surface area contributed by atoms with Crippen LogP contribution in [0, 0.1) is 0 Å². The molecule has 5 nitrogen and oxygen atoms in total. The van der Waals surface area contributed by atoms with Crippen LogP contribution in [0.3, 0.4) is 0 Å². The smallest absolute Gasteiger partial charge is 0.328 e. The number of ether oxygens (including phenoxy) is 2. The summed E-state index contributed by atoms with van der Waals surface area (Å²) in [6.07, 6.45) is 3.73. The molecule has 19 heavy (non-hydrogen) atoms. The van der Waals surface area contributed by atoms with Crippen LogP contribution in [0.25, 0.3) is 6.08 Å². The number of carboxylic acids is 1. The van der Waals surface area contributed by atoms with Crippen molar-refractivity contribution in [2.45, 2.75) is 6.92 Å². The zero-order chi connectivity index (χ0) is 14.7. The van der Waals surface area contributed by atoms with Gasteiger partial charge in [0.2, 0.25) is 0 Å². The molecule has 0 aliphatic rings. The minimum Gasteiger partial charge on any atom is -0.497 e. The molecule has 1 aromatic carbocycles. The summed E-state index contributed by atoms with van der Waals surface area (Å²) in [6.45, 7) is 4.48. The van der Waals surface area contributed by atoms with E-state index in [4.69, 9.17) is 9.84 Å². The van der Waals surface area contributed by atoms with Crippen LogP contribution in [0.4, 0.5) is 0 Å². The predicted octanol–water partition coefficient (Wildman–Crippen LogP) is 2.49. The molecule has 0 bridgehead atoms. The highest BCUT2D eigenvalue weighted by atomic mass is 16.5. The van der Waals surface area contributed by atoms with E-state index in [0.29, 0.717) is 0 Å². The Morgan fingerprint density at radius 1 is 1.26 bits per heavy atom. The molecule has 0 heterocycles. The molecule has 5 heteroatoms. The Morgan fingerprint density at radius 3 is 2.16 bits per heavy atom. The molecule has 0 atom stereocenters. The van der Waals surface area contributed by atoms with Crippen molar-refractivity contribution >= 4 is 18.0 Å². The summed E-state index contributed by atoms with van der Waals surface area (Å²) in [4.78, 5) is 19.9. The lowest BCUT2D eigenvalue weighted by molar-refractivity contribution is -0.135. The Hall–Kier alpha value is -2.56. The number of rotatable bonds is 4. The molecule has 0 saturated carbocycles. The van der Waals surface area contributed by atoms with Crippen molar-refractivity contribution in [3.63, 3.8) is 0 Å². The standard InChI is InChI=1S/C10H10O3.C4H6O2/c1-13-9-5-2-8(3-6-9)4-7-10(11)12;1-3-6-4(2)5/h2-7H,1H3,(H,11,12);3H,1H2,2H3. The van der Waals surface area contributed by atoms with Crippen molar-refractivity contribution in [1.82, 2.24) is 0 Å². The maximum absolute atomic E-state index is 10.2. The van der Waals surface area contributed by atoms with E-state index in [1.807, 2.05) is 0 Å². The van der Waals surface area contributed by atoms with E-state index in [1.54, 1.807) is 31.4 Å². The van der Waals surface area contributed by atoms with Crippen molar-refractivity contribution in [3.8, 4) is 5.75 Å². The molecule has 0 aliphatic heterocycles. The molecule has 0 amide bonds. The summed E-state index contributed by atoms with van der Waals surface area (Å²) in [5.74, 6) is -0.520. The lowest BCUT2D eigenvalue weighted by atomic mass is 10.2. The van der Waals surface area contributed by atoms with Gasteiger partial charge in [-0.15, -0.1) is 0 Å². The van der Waals surface area contributed by atoms with E-state index < -0.39 is 5.97 Å². The molecule has 1 N–H and O–H groups in total. The Bertz CT molecular complexity index is 445. The Kier molecular flexibility index (Phi) is 8.19. The Labute approximate surface area is 111 Å². The van der Waals surface area contributed by atoms with E-state index in [1.165, 1.54) is 13.0 Å². The second kappa shape index (κ2) is 9.47. The van der Waals surface area contributed by atoms with E-state index in [0.717, 1.165) is 23.7 Å². The minimum atomic E-state index is -0.948. The second-order valence-corrected chi connectivity index (χ2v) is 3.22. The third kappa shape index (κ3) is 9.17. The fourth-order valence-corrected chi connectivity index (χ4v) is 1.000. The average Bonchev–Trinajstić information content (AvgIpc) is 2.37. The first-order valence-electron chi connectivity index (χ1n) is 5.32. The van der Waals surface area contributed by atoms with Crippen LogP contribution in [0.15, 0.2) is 43.2 Å². The number of carbonyl (C=O) groups excluding carboxylic acids is 1. The molecular weight excluding hydrogens is 248 g/mol. The van der Waals surface area contributed by atoms with Gasteiger partial charge >= 0.3 is 11.9 Å². The quantitative estimate of drug-likeness (QED) is 0.514. The molecule has 102 valence electrons. The molecule has 0 fully saturated rings. The fraction of sp³-hybridized carbons (Fsp3) is 0.143. The highest BCUT2D eigenvalue weighted by Crippen LogP contribution is 2.11. The maximum atomic E-state index is 10.2. The fourth-order valence-electron chi connectivity index (χ4n) is 1.000. The highest BCUT2D eigenvalue weighted by Gasteiger charge is 1.91. The monoisotopic (exact) mass is 264 g/mol. The summed E-state index contributed by atoms with van der Waals surface area (Å²) in [5.41, 5.74) is 0.836. The highest BCUT2D eigenvalue weighted by molar-refractivity contribution is 5.85. The topological polar surface area (TPSA) is 72.8 Å². The van der Waals surface area contributed by atoms with Crippen molar-refractivity contribution < 1.29 is 24.2 Å². The number of hydrogen-bond acceptors (Lipinski definition) is 4. The minimum absolute atomic E-state index is 0.329. The van der Waals surface area contributed by atoms with E-state index in [-0.39, 0.29) is 5.97 Å². The summed E-state index contributed by atoms with van der Waals surface area (Å²) >= 11 is 0. The third-order valence-electron chi connectivity index (χ3n) is 1.78. The number of benzene rings is 1. The van der Waals surface area contributed by atoms with Crippen LogP contribution < -0.4 is 4.74 Å². The summed E-state index contributed by atoms with van der Waals surface area (Å²) < 4.78 is 9.12. The van der Waals surface area contributed by atoms with Crippen LogP contribution in [0.2, 0.25) is 0 Å². The van der Waals surface area contributed by atoms with E-state index in [2.05, 4.69) is 11.3 Å². The lowest BCUT2D eigenvalue weighted by Crippen LogP contribution is -1.87. The molecule has 0 aromatic heterocycles. The van der Waals surface area contributed by atoms with Crippen LogP contribution in [0.1, 0.15) is 12.5 Å². The number of esters is 1. The van der Waals surface area contributed by atoms with E-state index >= 15 is 0 Å². The normalized spacial score (nSPS) is 9.16. The van der Waals surface area contributed by atoms with Gasteiger partial charge in [-0.1, -0.05) is 18.7 Å². The van der Waals surface area contributed by atoms with Crippen LogP contribution in [-0.2, 0) is 14.3 Å². The number of carboxylic acid groups (broad SMARTS) is 1. The van der Waals surface area contributed by atoms with Crippen LogP contribution in [0.5, 0.6) is 5.75 Å². The van der Waals surface area contributed by atoms with Crippen LogP contribution >= 0.6 is 0 Å². The summed E-state index contributed by atoms with van der Waals surface area (Å²) in [5, 5.41) is 8.36. The number of methoxy groups -OCH3 is 1. The molecule has 0 saturated heterocycles. The van der Waals surface area contributed by atoms with Gasteiger partial charge < -0.3 is 14.6 Å². The van der Waals surface area contributed by atoms with Gasteiger partial charge in [-0.05, 0) is 23.8 Å². The first-order chi connectivity index (χ1) is 8.99. The first kappa shape index (κ1) is 16.4. The zero-order valence-corrected chi connectivity index (χ0v) is 10.8. The number of aliphatic carboxylic acids is 1. The third-order valence-corrected chi connectivity index (χ3v) is 1.78. The largest absolute Gasteiger partial charge is 0.497 e. The average molecular weight is 264 g/mol. The zero-order valence-electron chi connectivity index (χ0n) is 10.8. The van der Waals surface area contributed by atoms with Crippen LogP contribution in [-0.4, -0.2) is 24.2 Å². The van der Waals surface area contributed by atoms with E-state index in [9.17, 15) is 9.59 Å². The van der Waals surface area contributed by atoms with Gasteiger partial charge in [-0.3, -0.25) is 4.79 Å². The molecule has 0 unspecified atom stereocenters. The summed E-state index contributed by atoms with van der Waals surface area (Å²) in [6, 6.07) is 7.14. The molecule has 0 radical (unpaired) electrons. The number of carbonyl (C=O) groups is 2.